The van der Waals surface area contributed by atoms with Crippen molar-refractivity contribution in [2.24, 2.45) is 11.8 Å². The maximum absolute atomic E-state index is 10.9. The van der Waals surface area contributed by atoms with Crippen LogP contribution in [0.15, 0.2) is 0 Å². The number of nitrogens with one attached hydrogen (secondary N) is 1. The average Bonchev–Trinajstić information content (AvgIpc) is 2.99. The van der Waals surface area contributed by atoms with E-state index in [1.165, 1.54) is 19.4 Å². The Balaban J connectivity index is 2.04. The van der Waals surface area contributed by atoms with Crippen LogP contribution in [0.4, 0.5) is 0 Å². The molecule has 0 aliphatic heterocycles. The molecule has 1 rings (SSSR count). The topological polar surface area (TPSA) is 58.4 Å². The van der Waals surface area contributed by atoms with E-state index < -0.39 is 0 Å². The molecule has 0 saturated heterocycles. The number of hydrazine groups is 1. The highest BCUT2D eigenvalue weighted by atomic mass is 16.2. The van der Waals surface area contributed by atoms with Gasteiger partial charge >= 0.3 is 0 Å². The molecule has 0 bridgehead atoms. The van der Waals surface area contributed by atoms with Crippen molar-refractivity contribution in [2.45, 2.75) is 32.6 Å². The third-order valence-corrected chi connectivity index (χ3v) is 2.70. The van der Waals surface area contributed by atoms with Gasteiger partial charge in [-0.15, -0.1) is 0 Å². The van der Waals surface area contributed by atoms with Gasteiger partial charge in [-0.25, -0.2) is 5.84 Å². The number of rotatable bonds is 7. The lowest BCUT2D eigenvalue weighted by Gasteiger charge is -2.19. The second kappa shape index (κ2) is 5.98. The van der Waals surface area contributed by atoms with Gasteiger partial charge in [0.15, 0.2) is 0 Å². The number of carbonyl (C=O) groups excluding carboxylic acids is 1. The zero-order valence-electron chi connectivity index (χ0n) is 8.96. The van der Waals surface area contributed by atoms with Crippen molar-refractivity contribution in [2.75, 3.05) is 19.6 Å². The Labute approximate surface area is 85.8 Å². The standard InChI is InChI=1S/C10H21N3O/c1-2-13(8-9-5-6-9)7-3-4-10(14)12-11/h9H,2-8,11H2,1H3,(H,12,14). The summed E-state index contributed by atoms with van der Waals surface area (Å²) in [7, 11) is 0. The predicted molar refractivity (Wildman–Crippen MR) is 56.4 cm³/mol. The van der Waals surface area contributed by atoms with Crippen LogP contribution in [0, 0.1) is 5.92 Å². The molecule has 0 unspecified atom stereocenters. The monoisotopic (exact) mass is 199 g/mol. The van der Waals surface area contributed by atoms with E-state index in [0.29, 0.717) is 6.42 Å². The Morgan fingerprint density at radius 1 is 1.57 bits per heavy atom. The van der Waals surface area contributed by atoms with Gasteiger partial charge in [-0.1, -0.05) is 6.92 Å². The Hall–Kier alpha value is -0.610. The van der Waals surface area contributed by atoms with Crippen molar-refractivity contribution < 1.29 is 4.79 Å². The molecule has 14 heavy (non-hydrogen) atoms. The third kappa shape index (κ3) is 4.58. The molecule has 0 aromatic carbocycles. The Kier molecular flexibility index (Phi) is 4.90. The van der Waals surface area contributed by atoms with Crippen molar-refractivity contribution in [3.8, 4) is 0 Å². The highest BCUT2D eigenvalue weighted by Crippen LogP contribution is 2.29. The van der Waals surface area contributed by atoms with E-state index in [9.17, 15) is 4.79 Å². The zero-order chi connectivity index (χ0) is 10.4. The van der Waals surface area contributed by atoms with Crippen molar-refractivity contribution in [3.63, 3.8) is 0 Å². The van der Waals surface area contributed by atoms with Gasteiger partial charge in [-0.2, -0.15) is 0 Å². The van der Waals surface area contributed by atoms with Gasteiger partial charge in [0.25, 0.3) is 0 Å². The van der Waals surface area contributed by atoms with Crippen LogP contribution in [0.3, 0.4) is 0 Å². The fourth-order valence-corrected chi connectivity index (χ4v) is 1.58. The first-order valence-corrected chi connectivity index (χ1v) is 5.48. The molecule has 82 valence electrons. The molecule has 1 amide bonds. The van der Waals surface area contributed by atoms with Crippen molar-refractivity contribution >= 4 is 5.91 Å². The van der Waals surface area contributed by atoms with Crippen LogP contribution in [0.25, 0.3) is 0 Å². The van der Waals surface area contributed by atoms with Crippen molar-refractivity contribution in [3.05, 3.63) is 0 Å². The van der Waals surface area contributed by atoms with Crippen molar-refractivity contribution in [1.29, 1.82) is 0 Å². The lowest BCUT2D eigenvalue weighted by molar-refractivity contribution is -0.121. The van der Waals surface area contributed by atoms with E-state index in [4.69, 9.17) is 5.84 Å². The minimum Gasteiger partial charge on any atom is -0.303 e. The Morgan fingerprint density at radius 2 is 2.29 bits per heavy atom. The van der Waals surface area contributed by atoms with E-state index in [2.05, 4.69) is 17.2 Å². The maximum Gasteiger partial charge on any atom is 0.233 e. The van der Waals surface area contributed by atoms with Crippen LogP contribution < -0.4 is 11.3 Å². The summed E-state index contributed by atoms with van der Waals surface area (Å²) in [6, 6.07) is 0. The summed E-state index contributed by atoms with van der Waals surface area (Å²) in [6.45, 7) is 5.48. The number of nitrogens with zero attached hydrogens (tertiary/aromatic N) is 1. The molecule has 4 nitrogen and oxygen atoms in total. The highest BCUT2D eigenvalue weighted by molar-refractivity contribution is 5.75. The normalized spacial score (nSPS) is 15.9. The van der Waals surface area contributed by atoms with E-state index in [0.717, 1.165) is 25.4 Å². The van der Waals surface area contributed by atoms with Crippen LogP contribution in [-0.4, -0.2) is 30.4 Å². The van der Waals surface area contributed by atoms with Crippen LogP contribution >= 0.6 is 0 Å². The molecule has 0 spiro atoms. The summed E-state index contributed by atoms with van der Waals surface area (Å²) < 4.78 is 0. The van der Waals surface area contributed by atoms with E-state index in [1.807, 2.05) is 0 Å². The highest BCUT2D eigenvalue weighted by Gasteiger charge is 2.23. The first-order valence-electron chi connectivity index (χ1n) is 5.48. The molecule has 0 heterocycles. The van der Waals surface area contributed by atoms with Gasteiger partial charge < -0.3 is 4.90 Å². The van der Waals surface area contributed by atoms with E-state index in [1.54, 1.807) is 0 Å². The lowest BCUT2D eigenvalue weighted by atomic mass is 10.2. The summed E-state index contributed by atoms with van der Waals surface area (Å²) >= 11 is 0. The molecule has 3 N–H and O–H groups in total. The second-order valence-electron chi connectivity index (χ2n) is 4.01. The number of carbonyl (C=O) groups is 1. The molecule has 1 saturated carbocycles. The number of hydrogen-bond acceptors (Lipinski definition) is 3. The van der Waals surface area contributed by atoms with Crippen LogP contribution in [0.2, 0.25) is 0 Å². The van der Waals surface area contributed by atoms with Gasteiger partial charge in [0.2, 0.25) is 5.91 Å². The van der Waals surface area contributed by atoms with Gasteiger partial charge in [0.1, 0.15) is 0 Å². The fraction of sp³-hybridized carbons (Fsp3) is 0.900. The largest absolute Gasteiger partial charge is 0.303 e. The maximum atomic E-state index is 10.9. The number of hydrogen-bond donors (Lipinski definition) is 2. The molecule has 1 aliphatic rings. The van der Waals surface area contributed by atoms with Gasteiger partial charge in [0, 0.05) is 13.0 Å². The van der Waals surface area contributed by atoms with E-state index >= 15 is 0 Å². The average molecular weight is 199 g/mol. The summed E-state index contributed by atoms with van der Waals surface area (Å²) in [4.78, 5) is 13.3. The number of amides is 1. The van der Waals surface area contributed by atoms with Gasteiger partial charge in [-0.3, -0.25) is 10.2 Å². The lowest BCUT2D eigenvalue weighted by Crippen LogP contribution is -2.32. The van der Waals surface area contributed by atoms with Crippen LogP contribution in [0.5, 0.6) is 0 Å². The Morgan fingerprint density at radius 3 is 2.79 bits per heavy atom. The molecule has 0 atom stereocenters. The molecular weight excluding hydrogens is 178 g/mol. The quantitative estimate of drug-likeness (QED) is 0.356. The smallest absolute Gasteiger partial charge is 0.233 e. The molecule has 1 aliphatic carbocycles. The minimum absolute atomic E-state index is 0.0625. The Bertz CT molecular complexity index is 180. The molecular formula is C10H21N3O. The minimum atomic E-state index is -0.0625. The van der Waals surface area contributed by atoms with Gasteiger partial charge in [-0.05, 0) is 38.3 Å². The molecule has 0 aromatic rings. The molecule has 0 aromatic heterocycles. The SMILES string of the molecule is CCN(CCCC(=O)NN)CC1CC1. The van der Waals surface area contributed by atoms with Crippen molar-refractivity contribution in [1.82, 2.24) is 10.3 Å². The molecule has 0 radical (unpaired) electrons. The third-order valence-electron chi connectivity index (χ3n) is 2.70. The second-order valence-corrected chi connectivity index (χ2v) is 4.01. The van der Waals surface area contributed by atoms with Crippen LogP contribution in [-0.2, 0) is 4.79 Å². The fourth-order valence-electron chi connectivity index (χ4n) is 1.58. The molecule has 1 fully saturated rings. The summed E-state index contributed by atoms with van der Waals surface area (Å²) in [5.74, 6) is 5.87. The first kappa shape index (κ1) is 11.5. The van der Waals surface area contributed by atoms with Gasteiger partial charge in [0.05, 0.1) is 0 Å². The zero-order valence-corrected chi connectivity index (χ0v) is 8.96. The first-order chi connectivity index (χ1) is 6.76. The number of nitrogens with two attached hydrogens (primary N) is 1. The summed E-state index contributed by atoms with van der Waals surface area (Å²) in [6.07, 6.45) is 4.22. The summed E-state index contributed by atoms with van der Waals surface area (Å²) in [5.41, 5.74) is 2.15. The molecule has 4 heteroatoms. The summed E-state index contributed by atoms with van der Waals surface area (Å²) in [5, 5.41) is 0. The predicted octanol–water partition coefficient (Wildman–Crippen LogP) is 0.488. The van der Waals surface area contributed by atoms with Crippen LogP contribution in [0.1, 0.15) is 32.6 Å². The van der Waals surface area contributed by atoms with E-state index in [-0.39, 0.29) is 5.91 Å².